The Hall–Kier alpha value is -2.39. The van der Waals surface area contributed by atoms with Gasteiger partial charge >= 0.3 is 0 Å². The van der Waals surface area contributed by atoms with Gasteiger partial charge in [0.1, 0.15) is 6.61 Å². The topological polar surface area (TPSA) is 54.9 Å². The standard InChI is InChI=1S/C22H22IN3O2S/c1-3-24-22(29)26-25-13-15-11-19(23)21(20(12-15)27-2)28-14-17-9-6-8-16-7-4-5-10-18(16)17/h4-13H,3,14H2,1-2H3,(H2,24,26,29)/b25-13-. The third-order valence-electron chi connectivity index (χ3n) is 4.22. The van der Waals surface area contributed by atoms with Crippen molar-refractivity contribution in [2.24, 2.45) is 5.10 Å². The molecule has 0 aliphatic carbocycles. The monoisotopic (exact) mass is 519 g/mol. The van der Waals surface area contributed by atoms with Crippen molar-refractivity contribution in [2.75, 3.05) is 13.7 Å². The van der Waals surface area contributed by atoms with Crippen molar-refractivity contribution in [3.63, 3.8) is 0 Å². The molecule has 0 atom stereocenters. The molecule has 29 heavy (non-hydrogen) atoms. The molecule has 5 nitrogen and oxygen atoms in total. The smallest absolute Gasteiger partial charge is 0.186 e. The summed E-state index contributed by atoms with van der Waals surface area (Å²) in [7, 11) is 1.63. The lowest BCUT2D eigenvalue weighted by Crippen LogP contribution is -2.31. The lowest BCUT2D eigenvalue weighted by atomic mass is 10.1. The van der Waals surface area contributed by atoms with Crippen LogP contribution in [0.15, 0.2) is 59.7 Å². The number of halogens is 1. The Balaban J connectivity index is 1.77. The number of benzene rings is 3. The molecule has 0 amide bonds. The number of hydrogen-bond acceptors (Lipinski definition) is 4. The van der Waals surface area contributed by atoms with E-state index in [1.54, 1.807) is 13.3 Å². The normalized spacial score (nSPS) is 10.9. The first-order chi connectivity index (χ1) is 14.1. The molecule has 2 N–H and O–H groups in total. The van der Waals surface area contributed by atoms with Gasteiger partial charge < -0.3 is 14.8 Å². The first-order valence-electron chi connectivity index (χ1n) is 9.16. The third kappa shape index (κ3) is 5.57. The van der Waals surface area contributed by atoms with Crippen molar-refractivity contribution in [1.82, 2.24) is 10.7 Å². The van der Waals surface area contributed by atoms with E-state index in [-0.39, 0.29) is 0 Å². The largest absolute Gasteiger partial charge is 0.493 e. The van der Waals surface area contributed by atoms with E-state index < -0.39 is 0 Å². The first-order valence-corrected chi connectivity index (χ1v) is 10.6. The number of fused-ring (bicyclic) bond motifs is 1. The number of hydrazone groups is 1. The van der Waals surface area contributed by atoms with Crippen LogP contribution < -0.4 is 20.2 Å². The molecule has 3 aromatic rings. The second-order valence-electron chi connectivity index (χ2n) is 6.19. The molecule has 0 aliphatic heterocycles. The van der Waals surface area contributed by atoms with Gasteiger partial charge in [0, 0.05) is 6.54 Å². The summed E-state index contributed by atoms with van der Waals surface area (Å²) in [5.74, 6) is 1.38. The van der Waals surface area contributed by atoms with Crippen LogP contribution in [0.5, 0.6) is 11.5 Å². The minimum Gasteiger partial charge on any atom is -0.493 e. The molecule has 0 saturated carbocycles. The Kier molecular flexibility index (Phi) is 7.65. The predicted molar refractivity (Wildman–Crippen MR) is 131 cm³/mol. The molecule has 0 unspecified atom stereocenters. The molecule has 0 saturated heterocycles. The minimum atomic E-state index is 0.458. The van der Waals surface area contributed by atoms with Gasteiger partial charge in [-0.25, -0.2) is 0 Å². The summed E-state index contributed by atoms with van der Waals surface area (Å²) in [6, 6.07) is 18.4. The van der Waals surface area contributed by atoms with Crippen LogP contribution >= 0.6 is 34.8 Å². The molecule has 0 fully saturated rings. The molecular formula is C22H22IN3O2S. The summed E-state index contributed by atoms with van der Waals surface area (Å²) in [5, 5.41) is 10.0. The Labute approximate surface area is 189 Å². The summed E-state index contributed by atoms with van der Waals surface area (Å²) < 4.78 is 12.7. The quantitative estimate of drug-likeness (QED) is 0.202. The van der Waals surface area contributed by atoms with Crippen LogP contribution in [0.1, 0.15) is 18.1 Å². The summed E-state index contributed by atoms with van der Waals surface area (Å²) in [6.07, 6.45) is 1.70. The molecule has 0 aliphatic rings. The second-order valence-corrected chi connectivity index (χ2v) is 7.76. The number of nitrogens with zero attached hydrogens (tertiary/aromatic N) is 1. The fourth-order valence-corrected chi connectivity index (χ4v) is 3.87. The van der Waals surface area contributed by atoms with Gasteiger partial charge in [0.2, 0.25) is 0 Å². The molecular weight excluding hydrogens is 497 g/mol. The van der Waals surface area contributed by atoms with Crippen molar-refractivity contribution in [3.05, 3.63) is 69.3 Å². The van der Waals surface area contributed by atoms with Crippen LogP contribution in [0.4, 0.5) is 0 Å². The Morgan fingerprint density at radius 2 is 1.97 bits per heavy atom. The minimum absolute atomic E-state index is 0.458. The first kappa shape index (κ1) is 21.3. The lowest BCUT2D eigenvalue weighted by molar-refractivity contribution is 0.283. The van der Waals surface area contributed by atoms with Crippen molar-refractivity contribution >= 4 is 56.9 Å². The van der Waals surface area contributed by atoms with Gasteiger partial charge in [0.25, 0.3) is 0 Å². The highest BCUT2D eigenvalue weighted by atomic mass is 127. The molecule has 7 heteroatoms. The van der Waals surface area contributed by atoms with Crippen molar-refractivity contribution in [3.8, 4) is 11.5 Å². The van der Waals surface area contributed by atoms with Gasteiger partial charge in [-0.2, -0.15) is 5.10 Å². The van der Waals surface area contributed by atoms with E-state index >= 15 is 0 Å². The second kappa shape index (κ2) is 10.4. The summed E-state index contributed by atoms with van der Waals surface area (Å²) in [4.78, 5) is 0. The fraction of sp³-hybridized carbons (Fsp3) is 0.182. The van der Waals surface area contributed by atoms with Crippen LogP contribution in [-0.4, -0.2) is 25.0 Å². The average Bonchev–Trinajstić information content (AvgIpc) is 2.73. The fourth-order valence-electron chi connectivity index (χ4n) is 2.89. The lowest BCUT2D eigenvalue weighted by Gasteiger charge is -2.14. The van der Waals surface area contributed by atoms with Gasteiger partial charge in [-0.15, -0.1) is 0 Å². The molecule has 3 rings (SSSR count). The van der Waals surface area contributed by atoms with Crippen molar-refractivity contribution < 1.29 is 9.47 Å². The van der Waals surface area contributed by atoms with Gasteiger partial charge in [-0.1, -0.05) is 42.5 Å². The van der Waals surface area contributed by atoms with E-state index in [4.69, 9.17) is 21.7 Å². The number of thiocarbonyl (C=S) groups is 1. The Morgan fingerprint density at radius 3 is 2.76 bits per heavy atom. The average molecular weight is 519 g/mol. The van der Waals surface area contributed by atoms with Crippen molar-refractivity contribution in [1.29, 1.82) is 0 Å². The van der Waals surface area contributed by atoms with Crippen LogP contribution in [0.2, 0.25) is 0 Å². The van der Waals surface area contributed by atoms with E-state index in [2.05, 4.69) is 62.7 Å². The molecule has 0 bridgehead atoms. The van der Waals surface area contributed by atoms with Gasteiger partial charge in [0.05, 0.1) is 16.9 Å². The maximum atomic E-state index is 6.16. The highest BCUT2D eigenvalue weighted by Gasteiger charge is 2.12. The van der Waals surface area contributed by atoms with E-state index in [0.29, 0.717) is 23.2 Å². The zero-order valence-electron chi connectivity index (χ0n) is 16.2. The van der Waals surface area contributed by atoms with E-state index in [0.717, 1.165) is 21.2 Å². The summed E-state index contributed by atoms with van der Waals surface area (Å²) in [6.45, 7) is 3.18. The number of rotatable bonds is 7. The highest BCUT2D eigenvalue weighted by Crippen LogP contribution is 2.34. The van der Waals surface area contributed by atoms with Gasteiger partial charge in [0.15, 0.2) is 16.6 Å². The SMILES string of the molecule is CCNC(=S)N/N=C\c1cc(I)c(OCc2cccc3ccccc23)c(OC)c1. The molecule has 0 heterocycles. The number of nitrogens with one attached hydrogen (secondary N) is 2. The van der Waals surface area contributed by atoms with Crippen molar-refractivity contribution in [2.45, 2.75) is 13.5 Å². The zero-order chi connectivity index (χ0) is 20.6. The third-order valence-corrected chi connectivity index (χ3v) is 5.26. The number of hydrogen-bond donors (Lipinski definition) is 2. The van der Waals surface area contributed by atoms with Crippen LogP contribution in [0.3, 0.4) is 0 Å². The molecule has 0 radical (unpaired) electrons. The Bertz CT molecular complexity index is 1030. The van der Waals surface area contributed by atoms with Crippen LogP contribution in [0, 0.1) is 3.57 Å². The number of methoxy groups -OCH3 is 1. The summed E-state index contributed by atoms with van der Waals surface area (Å²) in [5.41, 5.74) is 4.80. The molecule has 0 spiro atoms. The maximum Gasteiger partial charge on any atom is 0.186 e. The van der Waals surface area contributed by atoms with E-state index in [1.807, 2.05) is 37.3 Å². The van der Waals surface area contributed by atoms with Crippen LogP contribution in [-0.2, 0) is 6.61 Å². The molecule has 0 aromatic heterocycles. The molecule has 150 valence electrons. The Morgan fingerprint density at radius 1 is 1.17 bits per heavy atom. The highest BCUT2D eigenvalue weighted by molar-refractivity contribution is 14.1. The summed E-state index contributed by atoms with van der Waals surface area (Å²) >= 11 is 7.35. The molecule has 3 aromatic carbocycles. The van der Waals surface area contributed by atoms with Crippen LogP contribution in [0.25, 0.3) is 10.8 Å². The number of ether oxygens (including phenoxy) is 2. The van der Waals surface area contributed by atoms with Gasteiger partial charge in [-0.3, -0.25) is 5.43 Å². The maximum absolute atomic E-state index is 6.16. The zero-order valence-corrected chi connectivity index (χ0v) is 19.2. The van der Waals surface area contributed by atoms with E-state index in [9.17, 15) is 0 Å². The predicted octanol–water partition coefficient (Wildman–Crippen LogP) is 4.85. The van der Waals surface area contributed by atoms with E-state index in [1.165, 1.54) is 10.8 Å². The van der Waals surface area contributed by atoms with Gasteiger partial charge in [-0.05, 0) is 75.8 Å².